The lowest BCUT2D eigenvalue weighted by Gasteiger charge is -2.19. The Morgan fingerprint density at radius 2 is 2.10 bits per heavy atom. The van der Waals surface area contributed by atoms with Crippen LogP contribution in [0.1, 0.15) is 17.4 Å². The summed E-state index contributed by atoms with van der Waals surface area (Å²) < 4.78 is 6.28. The van der Waals surface area contributed by atoms with E-state index >= 15 is 0 Å². The highest BCUT2D eigenvalue weighted by atomic mass is 32.1. The normalized spacial score (nSPS) is 12.4. The Labute approximate surface area is 127 Å². The zero-order valence-electron chi connectivity index (χ0n) is 11.8. The molecule has 2 heterocycles. The molecule has 21 heavy (non-hydrogen) atoms. The highest BCUT2D eigenvalue weighted by molar-refractivity contribution is 7.10. The topological polar surface area (TPSA) is 47.0 Å². The molecular weight excluding hydrogens is 282 g/mol. The minimum atomic E-state index is 0.0521. The Morgan fingerprint density at radius 3 is 2.90 bits per heavy atom. The number of thiophene rings is 1. The van der Waals surface area contributed by atoms with Crippen molar-refractivity contribution in [2.75, 3.05) is 13.6 Å². The van der Waals surface area contributed by atoms with E-state index in [1.807, 2.05) is 25.2 Å². The molecule has 0 fully saturated rings. The first-order chi connectivity index (χ1) is 10.4. The number of hydrogen-bond acceptors (Lipinski definition) is 5. The van der Waals surface area contributed by atoms with Gasteiger partial charge < -0.3 is 10.1 Å². The maximum atomic E-state index is 6.28. The van der Waals surface area contributed by atoms with Crippen molar-refractivity contribution in [3.8, 4) is 5.75 Å². The summed E-state index contributed by atoms with van der Waals surface area (Å²) >= 11 is 1.73. The number of nitrogens with one attached hydrogen (secondary N) is 1. The molecule has 0 aliphatic carbocycles. The molecule has 1 aromatic carbocycles. The maximum Gasteiger partial charge on any atom is 0.134 e. The summed E-state index contributed by atoms with van der Waals surface area (Å²) in [6.45, 7) is 0.910. The van der Waals surface area contributed by atoms with Crippen molar-refractivity contribution in [1.82, 2.24) is 15.5 Å². The van der Waals surface area contributed by atoms with Crippen LogP contribution < -0.4 is 10.1 Å². The van der Waals surface area contributed by atoms with Crippen LogP contribution in [0.5, 0.6) is 5.75 Å². The molecule has 4 nitrogen and oxygen atoms in total. The molecule has 0 spiro atoms. The van der Waals surface area contributed by atoms with Gasteiger partial charge in [0.2, 0.25) is 0 Å². The van der Waals surface area contributed by atoms with Crippen LogP contribution in [0.15, 0.2) is 48.1 Å². The van der Waals surface area contributed by atoms with Gasteiger partial charge >= 0.3 is 0 Å². The lowest BCUT2D eigenvalue weighted by molar-refractivity contribution is 0.201. The fourth-order valence-corrected chi connectivity index (χ4v) is 3.05. The third-order valence-electron chi connectivity index (χ3n) is 3.34. The molecule has 3 rings (SSSR count). The van der Waals surface area contributed by atoms with E-state index in [0.717, 1.165) is 29.5 Å². The van der Waals surface area contributed by atoms with Gasteiger partial charge in [0.1, 0.15) is 11.9 Å². The summed E-state index contributed by atoms with van der Waals surface area (Å²) in [4.78, 5) is 1.24. The van der Waals surface area contributed by atoms with Crippen LogP contribution in [-0.2, 0) is 0 Å². The van der Waals surface area contributed by atoms with Crippen molar-refractivity contribution in [1.29, 1.82) is 0 Å². The number of fused-ring (bicyclic) bond motifs is 1. The van der Waals surface area contributed by atoms with Crippen molar-refractivity contribution in [3.05, 3.63) is 53.0 Å². The zero-order valence-corrected chi connectivity index (χ0v) is 12.6. The monoisotopic (exact) mass is 299 g/mol. The minimum absolute atomic E-state index is 0.0521. The first-order valence-corrected chi connectivity index (χ1v) is 7.80. The second kappa shape index (κ2) is 6.65. The number of nitrogens with zero attached hydrogens (tertiary/aromatic N) is 2. The summed E-state index contributed by atoms with van der Waals surface area (Å²) in [5, 5.41) is 15.2. The number of aromatic nitrogens is 2. The molecule has 1 N–H and O–H groups in total. The van der Waals surface area contributed by atoms with E-state index < -0.39 is 0 Å². The van der Waals surface area contributed by atoms with Crippen LogP contribution in [-0.4, -0.2) is 23.8 Å². The van der Waals surface area contributed by atoms with Crippen LogP contribution >= 0.6 is 11.3 Å². The minimum Gasteiger partial charge on any atom is -0.484 e. The summed E-state index contributed by atoms with van der Waals surface area (Å²) in [7, 11) is 1.96. The molecule has 1 atom stereocenters. The number of benzene rings is 1. The highest BCUT2D eigenvalue weighted by Gasteiger charge is 2.15. The molecule has 0 saturated carbocycles. The van der Waals surface area contributed by atoms with E-state index in [2.05, 4.69) is 33.0 Å². The second-order valence-electron chi connectivity index (χ2n) is 4.76. The van der Waals surface area contributed by atoms with Gasteiger partial charge in [-0.3, -0.25) is 0 Å². The first kappa shape index (κ1) is 14.0. The van der Waals surface area contributed by atoms with Gasteiger partial charge in [-0.1, -0.05) is 18.2 Å². The van der Waals surface area contributed by atoms with E-state index in [4.69, 9.17) is 4.74 Å². The summed E-state index contributed by atoms with van der Waals surface area (Å²) in [6, 6.07) is 10.2. The average molecular weight is 299 g/mol. The summed E-state index contributed by atoms with van der Waals surface area (Å²) in [5.41, 5.74) is 0. The fourth-order valence-electron chi connectivity index (χ4n) is 2.26. The van der Waals surface area contributed by atoms with Crippen molar-refractivity contribution in [2.45, 2.75) is 12.5 Å². The van der Waals surface area contributed by atoms with Gasteiger partial charge in [0, 0.05) is 22.1 Å². The molecule has 5 heteroatoms. The van der Waals surface area contributed by atoms with Crippen molar-refractivity contribution >= 4 is 22.1 Å². The third kappa shape index (κ3) is 3.20. The quantitative estimate of drug-likeness (QED) is 0.757. The Bertz CT molecular complexity index is 694. The first-order valence-electron chi connectivity index (χ1n) is 6.92. The second-order valence-corrected chi connectivity index (χ2v) is 5.74. The molecule has 108 valence electrons. The molecule has 0 radical (unpaired) electrons. The van der Waals surface area contributed by atoms with Crippen LogP contribution in [0.2, 0.25) is 0 Å². The predicted molar refractivity (Wildman–Crippen MR) is 85.8 cm³/mol. The number of ether oxygens (including phenoxy) is 1. The average Bonchev–Trinajstić information content (AvgIpc) is 3.06. The number of rotatable bonds is 6. The lowest BCUT2D eigenvalue weighted by atomic mass is 10.1. The predicted octanol–water partition coefficient (Wildman–Crippen LogP) is 3.42. The van der Waals surface area contributed by atoms with Crippen molar-refractivity contribution in [2.24, 2.45) is 0 Å². The standard InChI is InChI=1S/C16H17N3OS/c1-17-8-7-15(16-6-3-9-21-16)20-14-5-2-4-12-10-18-19-11-13(12)14/h2-6,9-11,15,17H,7-8H2,1H3. The number of hydrogen-bond donors (Lipinski definition) is 1. The molecular formula is C16H17N3OS. The Kier molecular flexibility index (Phi) is 4.43. The van der Waals surface area contributed by atoms with Gasteiger partial charge in [0.15, 0.2) is 0 Å². The van der Waals surface area contributed by atoms with Crippen LogP contribution in [0, 0.1) is 0 Å². The van der Waals surface area contributed by atoms with E-state index in [1.165, 1.54) is 4.88 Å². The molecule has 0 saturated heterocycles. The van der Waals surface area contributed by atoms with E-state index in [0.29, 0.717) is 0 Å². The summed E-state index contributed by atoms with van der Waals surface area (Å²) in [6.07, 6.45) is 4.49. The van der Waals surface area contributed by atoms with Gasteiger partial charge in [0.05, 0.1) is 12.4 Å². The van der Waals surface area contributed by atoms with Gasteiger partial charge in [-0.15, -0.1) is 11.3 Å². The molecule has 0 aliphatic heterocycles. The Morgan fingerprint density at radius 1 is 1.19 bits per heavy atom. The van der Waals surface area contributed by atoms with E-state index in [1.54, 1.807) is 23.7 Å². The smallest absolute Gasteiger partial charge is 0.134 e. The van der Waals surface area contributed by atoms with Crippen LogP contribution in [0.3, 0.4) is 0 Å². The van der Waals surface area contributed by atoms with Gasteiger partial charge in [0.25, 0.3) is 0 Å². The van der Waals surface area contributed by atoms with Crippen molar-refractivity contribution < 1.29 is 4.74 Å². The SMILES string of the molecule is CNCCC(Oc1cccc2cnncc12)c1cccs1. The van der Waals surface area contributed by atoms with Crippen LogP contribution in [0.4, 0.5) is 0 Å². The Balaban J connectivity index is 1.90. The van der Waals surface area contributed by atoms with Gasteiger partial charge in [-0.25, -0.2) is 0 Å². The summed E-state index contributed by atoms with van der Waals surface area (Å²) in [5.74, 6) is 0.858. The molecule has 0 bridgehead atoms. The Hall–Kier alpha value is -1.98. The zero-order chi connectivity index (χ0) is 14.5. The van der Waals surface area contributed by atoms with Crippen LogP contribution in [0.25, 0.3) is 10.8 Å². The highest BCUT2D eigenvalue weighted by Crippen LogP contribution is 2.31. The van der Waals surface area contributed by atoms with Gasteiger partial charge in [-0.05, 0) is 31.1 Å². The molecule has 0 aliphatic rings. The van der Waals surface area contributed by atoms with E-state index in [-0.39, 0.29) is 6.10 Å². The molecule has 2 aromatic heterocycles. The van der Waals surface area contributed by atoms with Gasteiger partial charge in [-0.2, -0.15) is 10.2 Å². The largest absolute Gasteiger partial charge is 0.484 e. The fraction of sp³-hybridized carbons (Fsp3) is 0.250. The lowest BCUT2D eigenvalue weighted by Crippen LogP contribution is -2.15. The van der Waals surface area contributed by atoms with E-state index in [9.17, 15) is 0 Å². The third-order valence-corrected chi connectivity index (χ3v) is 4.30. The molecule has 3 aromatic rings. The molecule has 1 unspecified atom stereocenters. The molecule has 0 amide bonds. The maximum absolute atomic E-state index is 6.28. The van der Waals surface area contributed by atoms with Crippen molar-refractivity contribution in [3.63, 3.8) is 0 Å².